The molecule has 0 spiro atoms. The van der Waals surface area contributed by atoms with E-state index in [1.807, 2.05) is 18.3 Å². The number of fused-ring (bicyclic) bond motifs is 5. The Morgan fingerprint density at radius 3 is 2.71 bits per heavy atom. The van der Waals surface area contributed by atoms with Crippen molar-refractivity contribution < 1.29 is 18.0 Å². The van der Waals surface area contributed by atoms with E-state index in [4.69, 9.17) is 4.42 Å². The molecule has 8 heteroatoms. The number of aryl methyl sites for hydroxylation is 1. The van der Waals surface area contributed by atoms with Crippen LogP contribution in [0, 0.1) is 11.6 Å². The molecule has 5 nitrogen and oxygen atoms in total. The van der Waals surface area contributed by atoms with Gasteiger partial charge < -0.3 is 19.2 Å². The van der Waals surface area contributed by atoms with E-state index in [2.05, 4.69) is 9.88 Å². The van der Waals surface area contributed by atoms with Crippen molar-refractivity contribution in [1.29, 1.82) is 0 Å². The molecule has 174 valence electrons. The number of thiophene rings is 1. The molecule has 0 saturated carbocycles. The molecule has 4 heterocycles. The van der Waals surface area contributed by atoms with E-state index in [0.717, 1.165) is 41.6 Å². The maximum atomic E-state index is 14.3. The topological polar surface area (TPSA) is 50.4 Å². The van der Waals surface area contributed by atoms with Crippen molar-refractivity contribution >= 4 is 17.4 Å². The molecule has 1 N–H and O–H groups in total. The van der Waals surface area contributed by atoms with Crippen molar-refractivity contribution in [3.05, 3.63) is 99.6 Å². The minimum absolute atomic E-state index is 0.224. The van der Waals surface area contributed by atoms with Gasteiger partial charge in [0.2, 0.25) is 0 Å². The number of halogens is 2. The van der Waals surface area contributed by atoms with Crippen LogP contribution in [0.3, 0.4) is 0 Å². The average Bonchev–Trinajstić information content (AvgIpc) is 3.56. The summed E-state index contributed by atoms with van der Waals surface area (Å²) in [5.41, 5.74) is 3.65. The summed E-state index contributed by atoms with van der Waals surface area (Å²) in [4.78, 5) is 16.7. The van der Waals surface area contributed by atoms with E-state index in [1.54, 1.807) is 34.6 Å². The lowest BCUT2D eigenvalue weighted by Crippen LogP contribution is -2.41. The number of urea groups is 1. The maximum Gasteiger partial charge on any atom is 0.318 e. The number of carbonyl (C=O) groups is 1. The molecule has 2 aliphatic rings. The van der Waals surface area contributed by atoms with Crippen molar-refractivity contribution in [1.82, 2.24) is 14.8 Å². The first kappa shape index (κ1) is 21.2. The van der Waals surface area contributed by atoms with Crippen LogP contribution in [0.1, 0.15) is 51.9 Å². The van der Waals surface area contributed by atoms with Crippen LogP contribution in [-0.2, 0) is 25.9 Å². The molecule has 0 fully saturated rings. The van der Waals surface area contributed by atoms with Gasteiger partial charge in [0.25, 0.3) is 0 Å². The minimum atomic E-state index is -0.666. The molecule has 1 aliphatic heterocycles. The highest BCUT2D eigenvalue weighted by molar-refractivity contribution is 7.15. The number of carbonyl (C=O) groups excluding carboxylic acids is 1. The largest absolute Gasteiger partial charge is 0.467 e. The van der Waals surface area contributed by atoms with E-state index < -0.39 is 17.7 Å². The van der Waals surface area contributed by atoms with Gasteiger partial charge in [0, 0.05) is 22.7 Å². The third-order valence-electron chi connectivity index (χ3n) is 6.63. The van der Waals surface area contributed by atoms with Crippen molar-refractivity contribution in [3.8, 4) is 5.00 Å². The molecular formula is C26H23F2N3O2S. The zero-order valence-corrected chi connectivity index (χ0v) is 19.2. The molecule has 6 rings (SSSR count). The van der Waals surface area contributed by atoms with Gasteiger partial charge in [-0.25, -0.2) is 13.6 Å². The second kappa shape index (κ2) is 8.43. The predicted molar refractivity (Wildman–Crippen MR) is 125 cm³/mol. The predicted octanol–water partition coefficient (Wildman–Crippen LogP) is 6.10. The minimum Gasteiger partial charge on any atom is -0.467 e. The van der Waals surface area contributed by atoms with Crippen molar-refractivity contribution in [2.24, 2.45) is 0 Å². The summed E-state index contributed by atoms with van der Waals surface area (Å²) < 4.78 is 36.1. The van der Waals surface area contributed by atoms with Crippen LogP contribution in [-0.4, -0.2) is 15.5 Å². The quantitative estimate of drug-likeness (QED) is 0.386. The fraction of sp³-hybridized carbons (Fsp3) is 0.269. The summed E-state index contributed by atoms with van der Waals surface area (Å²) in [5, 5.41) is 4.03. The molecular weight excluding hydrogens is 456 g/mol. The zero-order valence-electron chi connectivity index (χ0n) is 18.4. The van der Waals surface area contributed by atoms with Gasteiger partial charge in [-0.1, -0.05) is 0 Å². The monoisotopic (exact) mass is 479 g/mol. The van der Waals surface area contributed by atoms with Crippen LogP contribution in [0.25, 0.3) is 5.00 Å². The number of rotatable bonds is 3. The van der Waals surface area contributed by atoms with Gasteiger partial charge >= 0.3 is 6.03 Å². The number of hydrogen-bond donors (Lipinski definition) is 1. The number of nitrogens with zero attached hydrogens (tertiary/aromatic N) is 2. The fourth-order valence-corrected chi connectivity index (χ4v) is 6.55. The number of nitrogens with one attached hydrogen (secondary N) is 1. The molecule has 3 aromatic heterocycles. The van der Waals surface area contributed by atoms with Crippen LogP contribution in [0.15, 0.2) is 59.3 Å². The van der Waals surface area contributed by atoms with E-state index in [9.17, 15) is 13.6 Å². The number of aromatic nitrogens is 1. The van der Waals surface area contributed by atoms with Gasteiger partial charge in [0.15, 0.2) is 0 Å². The molecule has 0 bridgehead atoms. The number of benzene rings is 1. The molecule has 2 amide bonds. The van der Waals surface area contributed by atoms with Gasteiger partial charge in [0.05, 0.1) is 25.0 Å². The van der Waals surface area contributed by atoms with Gasteiger partial charge in [0.1, 0.15) is 28.4 Å². The third-order valence-corrected chi connectivity index (χ3v) is 7.97. The SMILES string of the molecule is O=C(NCc1ccco1)N1Cc2c(sc3c2CCCC3)-n2cccc2[C@@H]1c1cc(F)cc(F)c1. The van der Waals surface area contributed by atoms with Crippen molar-refractivity contribution in [2.45, 2.75) is 44.8 Å². The lowest BCUT2D eigenvalue weighted by atomic mass is 9.95. The van der Waals surface area contributed by atoms with E-state index in [1.165, 1.54) is 29.0 Å². The Kier molecular flexibility index (Phi) is 5.25. The summed E-state index contributed by atoms with van der Waals surface area (Å²) in [7, 11) is 0. The summed E-state index contributed by atoms with van der Waals surface area (Å²) in [6, 6.07) is 9.91. The van der Waals surface area contributed by atoms with Gasteiger partial charge in [-0.3, -0.25) is 0 Å². The number of hydrogen-bond acceptors (Lipinski definition) is 3. The molecule has 1 aromatic carbocycles. The van der Waals surface area contributed by atoms with Crippen LogP contribution in [0.2, 0.25) is 0 Å². The second-order valence-corrected chi connectivity index (χ2v) is 9.85. The Morgan fingerprint density at radius 1 is 1.09 bits per heavy atom. The molecule has 34 heavy (non-hydrogen) atoms. The fourth-order valence-electron chi connectivity index (χ4n) is 5.15. The highest BCUT2D eigenvalue weighted by atomic mass is 32.1. The van der Waals surface area contributed by atoms with E-state index in [-0.39, 0.29) is 12.6 Å². The Bertz CT molecular complexity index is 1340. The number of amides is 2. The smallest absolute Gasteiger partial charge is 0.318 e. The Balaban J connectivity index is 1.48. The summed E-state index contributed by atoms with van der Waals surface area (Å²) >= 11 is 1.77. The van der Waals surface area contributed by atoms with Crippen molar-refractivity contribution in [3.63, 3.8) is 0 Å². The highest BCUT2D eigenvalue weighted by Crippen LogP contribution is 2.44. The first-order valence-corrected chi connectivity index (χ1v) is 12.2. The lowest BCUT2D eigenvalue weighted by Gasteiger charge is -2.31. The standard InChI is InChI=1S/C26H23F2N3O2S/c27-17-11-16(12-18(28)13-17)24-22-7-3-9-30(22)25-21(20-6-1-2-8-23(20)34-25)15-31(24)26(32)29-14-19-5-4-10-33-19/h3-5,7,9-13,24H,1-2,6,8,14-15H2,(H,29,32)/t24-/m0/s1. The normalized spacial score (nSPS) is 17.0. The summed E-state index contributed by atoms with van der Waals surface area (Å²) in [5.74, 6) is -0.700. The number of furan rings is 1. The molecule has 0 saturated heterocycles. The van der Waals surface area contributed by atoms with E-state index in [0.29, 0.717) is 17.9 Å². The molecule has 1 atom stereocenters. The van der Waals surface area contributed by atoms with Crippen LogP contribution >= 0.6 is 11.3 Å². The van der Waals surface area contributed by atoms with Gasteiger partial charge in [-0.05, 0) is 73.2 Å². The summed E-state index contributed by atoms with van der Waals surface area (Å²) in [6.45, 7) is 0.581. The van der Waals surface area contributed by atoms with Crippen LogP contribution in [0.4, 0.5) is 13.6 Å². The van der Waals surface area contributed by atoms with E-state index >= 15 is 0 Å². The van der Waals surface area contributed by atoms with Crippen LogP contribution in [0.5, 0.6) is 0 Å². The van der Waals surface area contributed by atoms with Gasteiger partial charge in [-0.2, -0.15) is 0 Å². The zero-order chi connectivity index (χ0) is 23.2. The van der Waals surface area contributed by atoms with Gasteiger partial charge in [-0.15, -0.1) is 11.3 Å². The lowest BCUT2D eigenvalue weighted by molar-refractivity contribution is 0.179. The Labute approximate surface area is 199 Å². The molecule has 0 radical (unpaired) electrons. The Morgan fingerprint density at radius 2 is 1.91 bits per heavy atom. The molecule has 4 aromatic rings. The second-order valence-electron chi connectivity index (χ2n) is 8.77. The summed E-state index contributed by atoms with van der Waals surface area (Å²) in [6.07, 6.45) is 7.86. The first-order chi connectivity index (χ1) is 16.6. The average molecular weight is 480 g/mol. The third kappa shape index (κ3) is 3.62. The highest BCUT2D eigenvalue weighted by Gasteiger charge is 2.36. The van der Waals surface area contributed by atoms with Crippen molar-refractivity contribution in [2.75, 3.05) is 0 Å². The Hall–Kier alpha value is -3.39. The first-order valence-electron chi connectivity index (χ1n) is 11.4. The maximum absolute atomic E-state index is 14.3. The molecule has 0 unspecified atom stereocenters. The molecule has 1 aliphatic carbocycles. The van der Waals surface area contributed by atoms with Crippen LogP contribution < -0.4 is 5.32 Å².